The van der Waals surface area contributed by atoms with E-state index in [4.69, 9.17) is 14.9 Å². The summed E-state index contributed by atoms with van der Waals surface area (Å²) >= 11 is 0. The number of aryl methyl sites for hydroxylation is 2. The fraction of sp³-hybridized carbons (Fsp3) is 0.412. The van der Waals surface area contributed by atoms with Gasteiger partial charge in [-0.1, -0.05) is 0 Å². The zero-order valence-corrected chi connectivity index (χ0v) is 14.0. The van der Waals surface area contributed by atoms with Crippen LogP contribution in [-0.2, 0) is 11.3 Å². The maximum absolute atomic E-state index is 12.6. The van der Waals surface area contributed by atoms with Crippen molar-refractivity contribution in [2.45, 2.75) is 33.4 Å². The lowest BCUT2D eigenvalue weighted by atomic mass is 10.1. The molecule has 0 saturated carbocycles. The summed E-state index contributed by atoms with van der Waals surface area (Å²) in [6.07, 6.45) is 0. The normalized spacial score (nSPS) is 12.2. The first-order valence-electron chi connectivity index (χ1n) is 7.84. The molecule has 1 aromatic heterocycles. The molecule has 7 nitrogen and oxygen atoms in total. The molecule has 0 saturated heterocycles. The summed E-state index contributed by atoms with van der Waals surface area (Å²) in [4.78, 5) is 23.6. The number of carboxylic acid groups (broad SMARTS) is 1. The van der Waals surface area contributed by atoms with Gasteiger partial charge in [-0.15, -0.1) is 0 Å². The van der Waals surface area contributed by atoms with Gasteiger partial charge < -0.3 is 24.8 Å². The van der Waals surface area contributed by atoms with Gasteiger partial charge in [0.25, 0.3) is 5.91 Å². The third-order valence-corrected chi connectivity index (χ3v) is 3.92. The molecule has 0 aliphatic rings. The lowest BCUT2D eigenvalue weighted by Crippen LogP contribution is -2.44. The van der Waals surface area contributed by atoms with Crippen molar-refractivity contribution >= 4 is 22.8 Å². The molecule has 7 heteroatoms. The van der Waals surface area contributed by atoms with Crippen molar-refractivity contribution in [3.05, 3.63) is 29.5 Å². The van der Waals surface area contributed by atoms with E-state index in [0.29, 0.717) is 24.6 Å². The number of aliphatic hydroxyl groups is 1. The maximum Gasteiger partial charge on any atom is 0.328 e. The Labute approximate surface area is 139 Å². The molecule has 1 amide bonds. The smallest absolute Gasteiger partial charge is 0.328 e. The third kappa shape index (κ3) is 3.21. The molecule has 0 radical (unpaired) electrons. The van der Waals surface area contributed by atoms with Crippen molar-refractivity contribution in [3.63, 3.8) is 0 Å². The minimum atomic E-state index is -1.33. The van der Waals surface area contributed by atoms with E-state index < -0.39 is 24.5 Å². The van der Waals surface area contributed by atoms with E-state index in [-0.39, 0.29) is 0 Å². The Bertz CT molecular complexity index is 766. The largest absolute Gasteiger partial charge is 0.494 e. The first-order chi connectivity index (χ1) is 11.4. The number of hydrogen-bond acceptors (Lipinski definition) is 4. The molecule has 0 aliphatic carbocycles. The zero-order valence-electron chi connectivity index (χ0n) is 14.0. The molecule has 0 bridgehead atoms. The summed E-state index contributed by atoms with van der Waals surface area (Å²) in [5.74, 6) is -1.08. The Morgan fingerprint density at radius 3 is 2.58 bits per heavy atom. The summed E-state index contributed by atoms with van der Waals surface area (Å²) < 4.78 is 7.33. The quantitative estimate of drug-likeness (QED) is 0.713. The Kier molecular flexibility index (Phi) is 5.46. The average molecular weight is 334 g/mol. The molecule has 1 heterocycles. The Morgan fingerprint density at radius 2 is 2.04 bits per heavy atom. The van der Waals surface area contributed by atoms with Crippen LogP contribution in [0.15, 0.2) is 18.2 Å². The molecule has 24 heavy (non-hydrogen) atoms. The summed E-state index contributed by atoms with van der Waals surface area (Å²) in [5.41, 5.74) is 2.01. The molecule has 0 spiro atoms. The zero-order chi connectivity index (χ0) is 17.9. The van der Waals surface area contributed by atoms with Crippen LogP contribution < -0.4 is 10.1 Å². The standard InChI is InChI=1S/C17H22N2O5/c1-4-19-14-7-6-11(24-5-2)8-12(14)10(3)15(19)16(21)18-13(9-20)17(22)23/h6-8,13,20H,4-5,9H2,1-3H3,(H,18,21)(H,22,23). The molecule has 130 valence electrons. The fourth-order valence-electron chi connectivity index (χ4n) is 2.79. The van der Waals surface area contributed by atoms with Gasteiger partial charge in [0, 0.05) is 17.4 Å². The lowest BCUT2D eigenvalue weighted by molar-refractivity contribution is -0.140. The number of aromatic nitrogens is 1. The topological polar surface area (TPSA) is 101 Å². The number of carbonyl (C=O) groups excluding carboxylic acids is 1. The number of rotatable bonds is 7. The van der Waals surface area contributed by atoms with Gasteiger partial charge >= 0.3 is 5.97 Å². The first kappa shape index (κ1) is 17.8. The van der Waals surface area contributed by atoms with Crippen molar-refractivity contribution in [2.75, 3.05) is 13.2 Å². The molecule has 2 rings (SSSR count). The number of ether oxygens (including phenoxy) is 1. The van der Waals surface area contributed by atoms with E-state index >= 15 is 0 Å². The lowest BCUT2D eigenvalue weighted by Gasteiger charge is -2.14. The van der Waals surface area contributed by atoms with E-state index in [1.807, 2.05) is 43.5 Å². The van der Waals surface area contributed by atoms with Gasteiger partial charge in [-0.2, -0.15) is 0 Å². The second kappa shape index (κ2) is 7.35. The predicted molar refractivity (Wildman–Crippen MR) is 89.5 cm³/mol. The van der Waals surface area contributed by atoms with Gasteiger partial charge in [-0.3, -0.25) is 4.79 Å². The molecule has 0 aliphatic heterocycles. The van der Waals surface area contributed by atoms with Gasteiger partial charge in [0.15, 0.2) is 6.04 Å². The highest BCUT2D eigenvalue weighted by Crippen LogP contribution is 2.29. The summed E-state index contributed by atoms with van der Waals surface area (Å²) in [6, 6.07) is 4.26. The minimum Gasteiger partial charge on any atom is -0.494 e. The van der Waals surface area contributed by atoms with Crippen molar-refractivity contribution in [3.8, 4) is 5.75 Å². The van der Waals surface area contributed by atoms with Crippen molar-refractivity contribution < 1.29 is 24.5 Å². The highest BCUT2D eigenvalue weighted by Gasteiger charge is 2.24. The van der Waals surface area contributed by atoms with E-state index in [9.17, 15) is 9.59 Å². The van der Waals surface area contributed by atoms with Crippen LogP contribution in [0.25, 0.3) is 10.9 Å². The molecule has 1 atom stereocenters. The van der Waals surface area contributed by atoms with Gasteiger partial charge in [0.1, 0.15) is 11.4 Å². The number of aliphatic hydroxyl groups excluding tert-OH is 1. The Morgan fingerprint density at radius 1 is 1.33 bits per heavy atom. The number of carboxylic acids is 1. The van der Waals surface area contributed by atoms with E-state index in [2.05, 4.69) is 5.32 Å². The van der Waals surface area contributed by atoms with Crippen molar-refractivity contribution in [2.24, 2.45) is 0 Å². The fourth-order valence-corrected chi connectivity index (χ4v) is 2.79. The van der Waals surface area contributed by atoms with Crippen LogP contribution >= 0.6 is 0 Å². The van der Waals surface area contributed by atoms with Gasteiger partial charge in [0.05, 0.1) is 13.2 Å². The highest BCUT2D eigenvalue weighted by atomic mass is 16.5. The molecule has 1 aromatic carbocycles. The molecule has 3 N–H and O–H groups in total. The van der Waals surface area contributed by atoms with Gasteiger partial charge in [-0.25, -0.2) is 4.79 Å². The summed E-state index contributed by atoms with van der Waals surface area (Å²) in [5, 5.41) is 21.3. The van der Waals surface area contributed by atoms with Crippen LogP contribution in [0.4, 0.5) is 0 Å². The highest BCUT2D eigenvalue weighted by molar-refractivity contribution is 6.03. The van der Waals surface area contributed by atoms with Crippen LogP contribution in [0, 0.1) is 6.92 Å². The number of fused-ring (bicyclic) bond motifs is 1. The van der Waals surface area contributed by atoms with Gasteiger partial charge in [-0.05, 0) is 44.5 Å². The molecular weight excluding hydrogens is 312 g/mol. The number of amides is 1. The van der Waals surface area contributed by atoms with E-state index in [0.717, 1.165) is 16.5 Å². The molecule has 2 aromatic rings. The molecule has 0 fully saturated rings. The monoisotopic (exact) mass is 334 g/mol. The van der Waals surface area contributed by atoms with Crippen molar-refractivity contribution in [1.82, 2.24) is 9.88 Å². The van der Waals surface area contributed by atoms with Crippen LogP contribution in [-0.4, -0.2) is 45.9 Å². The number of aliphatic carboxylic acids is 1. The Balaban J connectivity index is 2.50. The summed E-state index contributed by atoms with van der Waals surface area (Å²) in [6.45, 7) is 6.05. The number of hydrogen-bond donors (Lipinski definition) is 3. The Hall–Kier alpha value is -2.54. The number of nitrogens with zero attached hydrogens (tertiary/aromatic N) is 1. The second-order valence-corrected chi connectivity index (χ2v) is 5.38. The van der Waals surface area contributed by atoms with E-state index in [1.165, 1.54) is 0 Å². The van der Waals surface area contributed by atoms with Crippen molar-refractivity contribution in [1.29, 1.82) is 0 Å². The first-order valence-corrected chi connectivity index (χ1v) is 7.84. The number of benzene rings is 1. The second-order valence-electron chi connectivity index (χ2n) is 5.38. The molecular formula is C17H22N2O5. The molecule has 1 unspecified atom stereocenters. The average Bonchev–Trinajstić information content (AvgIpc) is 2.84. The van der Waals surface area contributed by atoms with Gasteiger partial charge in [0.2, 0.25) is 0 Å². The SMILES string of the molecule is CCOc1ccc2c(c1)c(C)c(C(=O)NC(CO)C(=O)O)n2CC. The van der Waals surface area contributed by atoms with Crippen LogP contribution in [0.3, 0.4) is 0 Å². The minimum absolute atomic E-state index is 0.390. The van der Waals surface area contributed by atoms with Crippen LogP contribution in [0.2, 0.25) is 0 Å². The third-order valence-electron chi connectivity index (χ3n) is 3.92. The van der Waals surface area contributed by atoms with Crippen LogP contribution in [0.1, 0.15) is 29.9 Å². The number of nitrogens with one attached hydrogen (secondary N) is 1. The van der Waals surface area contributed by atoms with Crippen LogP contribution in [0.5, 0.6) is 5.75 Å². The summed E-state index contributed by atoms with van der Waals surface area (Å²) in [7, 11) is 0. The number of carbonyl (C=O) groups is 2. The van der Waals surface area contributed by atoms with E-state index in [1.54, 1.807) is 0 Å². The maximum atomic E-state index is 12.6. The predicted octanol–water partition coefficient (Wildman–Crippen LogP) is 1.54.